The van der Waals surface area contributed by atoms with Crippen LogP contribution in [0.3, 0.4) is 0 Å². The van der Waals surface area contributed by atoms with Gasteiger partial charge in [-0.05, 0) is 6.42 Å². The van der Waals surface area contributed by atoms with Crippen LogP contribution < -0.4 is 0 Å². The standard InChI is InChI=1S/C15H32OSi/c1-5-6-7-8-9-10-11-12-13-14-15(16-14)17(2,3)4/h14-15H,5-13H2,1-4H3/t14-,15+/m0/s1. The van der Waals surface area contributed by atoms with Crippen molar-refractivity contribution >= 4 is 8.07 Å². The van der Waals surface area contributed by atoms with Crippen LogP contribution in [-0.2, 0) is 4.74 Å². The molecule has 1 aliphatic heterocycles. The number of unbranched alkanes of at least 4 members (excludes halogenated alkanes) is 7. The Morgan fingerprint density at radius 2 is 1.35 bits per heavy atom. The minimum absolute atomic E-state index is 0.641. The lowest BCUT2D eigenvalue weighted by Crippen LogP contribution is -2.30. The molecule has 1 heterocycles. The van der Waals surface area contributed by atoms with Crippen LogP contribution in [0.1, 0.15) is 64.7 Å². The molecule has 1 saturated heterocycles. The van der Waals surface area contributed by atoms with Crippen molar-refractivity contribution in [3.63, 3.8) is 0 Å². The fourth-order valence-corrected chi connectivity index (χ4v) is 4.47. The van der Waals surface area contributed by atoms with E-state index in [2.05, 4.69) is 26.6 Å². The lowest BCUT2D eigenvalue weighted by molar-refractivity contribution is 0.377. The summed E-state index contributed by atoms with van der Waals surface area (Å²) in [6, 6.07) is 0. The zero-order valence-electron chi connectivity index (χ0n) is 12.4. The first-order chi connectivity index (χ1) is 8.05. The van der Waals surface area contributed by atoms with E-state index in [9.17, 15) is 0 Å². The van der Waals surface area contributed by atoms with Crippen molar-refractivity contribution in [1.29, 1.82) is 0 Å². The summed E-state index contributed by atoms with van der Waals surface area (Å²) in [5, 5.41) is 0. The molecule has 1 aliphatic rings. The predicted molar refractivity (Wildman–Crippen MR) is 79.2 cm³/mol. The molecule has 0 aliphatic carbocycles. The van der Waals surface area contributed by atoms with Crippen LogP contribution >= 0.6 is 0 Å². The van der Waals surface area contributed by atoms with Crippen molar-refractivity contribution in [2.24, 2.45) is 0 Å². The maximum Gasteiger partial charge on any atom is 0.0819 e. The summed E-state index contributed by atoms with van der Waals surface area (Å²) in [4.78, 5) is 0. The Hall–Kier alpha value is 0.177. The van der Waals surface area contributed by atoms with Gasteiger partial charge in [-0.15, -0.1) is 0 Å². The average Bonchev–Trinajstić information content (AvgIpc) is 3.01. The van der Waals surface area contributed by atoms with Gasteiger partial charge in [0.15, 0.2) is 0 Å². The molecule has 102 valence electrons. The number of ether oxygens (including phenoxy) is 1. The minimum Gasteiger partial charge on any atom is -0.373 e. The van der Waals surface area contributed by atoms with Crippen molar-refractivity contribution in [3.8, 4) is 0 Å². The fraction of sp³-hybridized carbons (Fsp3) is 1.00. The molecule has 1 fully saturated rings. The van der Waals surface area contributed by atoms with Gasteiger partial charge in [0.25, 0.3) is 0 Å². The zero-order chi connectivity index (χ0) is 12.7. The topological polar surface area (TPSA) is 12.5 Å². The van der Waals surface area contributed by atoms with Crippen molar-refractivity contribution in [2.45, 2.75) is 96.2 Å². The van der Waals surface area contributed by atoms with Crippen molar-refractivity contribution in [3.05, 3.63) is 0 Å². The highest BCUT2D eigenvalue weighted by Gasteiger charge is 2.47. The molecule has 0 amide bonds. The summed E-state index contributed by atoms with van der Waals surface area (Å²) >= 11 is 0. The molecule has 0 bridgehead atoms. The molecule has 17 heavy (non-hydrogen) atoms. The molecule has 0 aromatic rings. The van der Waals surface area contributed by atoms with E-state index in [1.807, 2.05) is 0 Å². The molecule has 2 atom stereocenters. The summed E-state index contributed by atoms with van der Waals surface area (Å²) in [5.74, 6) is 0. The second-order valence-electron chi connectivity index (χ2n) is 6.72. The maximum atomic E-state index is 5.80. The molecular formula is C15H32OSi. The Morgan fingerprint density at radius 3 is 1.82 bits per heavy atom. The third-order valence-electron chi connectivity index (χ3n) is 3.78. The van der Waals surface area contributed by atoms with Crippen LogP contribution in [0.4, 0.5) is 0 Å². The third kappa shape index (κ3) is 6.61. The van der Waals surface area contributed by atoms with E-state index in [4.69, 9.17) is 4.74 Å². The van der Waals surface area contributed by atoms with E-state index in [0.29, 0.717) is 11.8 Å². The molecule has 0 radical (unpaired) electrons. The summed E-state index contributed by atoms with van der Waals surface area (Å²) in [6.45, 7) is 9.55. The Bertz CT molecular complexity index is 198. The molecular weight excluding hydrogens is 224 g/mol. The van der Waals surface area contributed by atoms with Gasteiger partial charge in [0.1, 0.15) is 0 Å². The van der Waals surface area contributed by atoms with E-state index in [-0.39, 0.29) is 0 Å². The number of hydrogen-bond acceptors (Lipinski definition) is 1. The SMILES string of the molecule is CCCCCCCCCC[C@@H]1O[C@@H]1[Si](C)(C)C. The minimum atomic E-state index is -0.999. The van der Waals surface area contributed by atoms with E-state index in [0.717, 1.165) is 0 Å². The Morgan fingerprint density at radius 1 is 0.824 bits per heavy atom. The molecule has 0 spiro atoms. The summed E-state index contributed by atoms with van der Waals surface area (Å²) < 4.78 is 5.80. The first-order valence-electron chi connectivity index (χ1n) is 7.71. The van der Waals surface area contributed by atoms with E-state index >= 15 is 0 Å². The Balaban J connectivity index is 1.83. The number of hydrogen-bond donors (Lipinski definition) is 0. The first kappa shape index (κ1) is 15.2. The van der Waals surface area contributed by atoms with Gasteiger partial charge in [-0.3, -0.25) is 0 Å². The maximum absolute atomic E-state index is 5.80. The lowest BCUT2D eigenvalue weighted by Gasteiger charge is -2.11. The van der Waals surface area contributed by atoms with Gasteiger partial charge in [0, 0.05) is 0 Å². The lowest BCUT2D eigenvalue weighted by atomic mass is 10.1. The van der Waals surface area contributed by atoms with Crippen LogP contribution in [0.2, 0.25) is 19.6 Å². The molecule has 0 aromatic carbocycles. The molecule has 2 heteroatoms. The summed E-state index contributed by atoms with van der Waals surface area (Å²) in [5.41, 5.74) is 0.673. The van der Waals surface area contributed by atoms with Gasteiger partial charge in [-0.1, -0.05) is 77.9 Å². The second-order valence-corrected chi connectivity index (χ2v) is 12.0. The smallest absolute Gasteiger partial charge is 0.0819 e. The summed E-state index contributed by atoms with van der Waals surface area (Å²) in [7, 11) is -0.999. The molecule has 0 saturated carbocycles. The van der Waals surface area contributed by atoms with Crippen LogP contribution in [0.25, 0.3) is 0 Å². The van der Waals surface area contributed by atoms with Crippen LogP contribution in [0, 0.1) is 0 Å². The van der Waals surface area contributed by atoms with Crippen LogP contribution in [-0.4, -0.2) is 19.9 Å². The quantitative estimate of drug-likeness (QED) is 0.299. The largest absolute Gasteiger partial charge is 0.373 e. The highest BCUT2D eigenvalue weighted by molar-refractivity contribution is 6.78. The van der Waals surface area contributed by atoms with Gasteiger partial charge >= 0.3 is 0 Å². The number of epoxide rings is 1. The molecule has 0 N–H and O–H groups in total. The second kappa shape index (κ2) is 7.58. The first-order valence-corrected chi connectivity index (χ1v) is 11.3. The average molecular weight is 257 g/mol. The van der Waals surface area contributed by atoms with E-state index in [1.54, 1.807) is 0 Å². The van der Waals surface area contributed by atoms with E-state index in [1.165, 1.54) is 57.8 Å². The number of rotatable bonds is 10. The van der Waals surface area contributed by atoms with Crippen LogP contribution in [0.5, 0.6) is 0 Å². The van der Waals surface area contributed by atoms with Gasteiger partial charge in [-0.2, -0.15) is 0 Å². The van der Waals surface area contributed by atoms with Gasteiger partial charge in [-0.25, -0.2) is 0 Å². The normalized spacial score (nSPS) is 24.0. The van der Waals surface area contributed by atoms with Gasteiger partial charge < -0.3 is 4.74 Å². The highest BCUT2D eigenvalue weighted by atomic mass is 28.3. The van der Waals surface area contributed by atoms with E-state index < -0.39 is 8.07 Å². The zero-order valence-corrected chi connectivity index (χ0v) is 13.4. The van der Waals surface area contributed by atoms with Gasteiger partial charge in [0.05, 0.1) is 19.9 Å². The molecule has 1 nitrogen and oxygen atoms in total. The molecule has 0 unspecified atom stereocenters. The van der Waals surface area contributed by atoms with Gasteiger partial charge in [0.2, 0.25) is 0 Å². The van der Waals surface area contributed by atoms with Crippen molar-refractivity contribution in [2.75, 3.05) is 0 Å². The Labute approximate surface area is 109 Å². The van der Waals surface area contributed by atoms with Crippen molar-refractivity contribution in [1.82, 2.24) is 0 Å². The highest BCUT2D eigenvalue weighted by Crippen LogP contribution is 2.34. The Kier molecular flexibility index (Phi) is 6.79. The van der Waals surface area contributed by atoms with Crippen LogP contribution in [0.15, 0.2) is 0 Å². The summed E-state index contributed by atoms with van der Waals surface area (Å²) in [6.07, 6.45) is 13.3. The predicted octanol–water partition coefficient (Wildman–Crippen LogP) is 5.16. The van der Waals surface area contributed by atoms with Crippen molar-refractivity contribution < 1.29 is 4.74 Å². The third-order valence-corrected chi connectivity index (χ3v) is 5.99. The fourth-order valence-electron chi connectivity index (χ4n) is 2.60. The molecule has 1 rings (SSSR count). The molecule has 0 aromatic heterocycles. The monoisotopic (exact) mass is 256 g/mol.